The quantitative estimate of drug-likeness (QED) is 0.361. The van der Waals surface area contributed by atoms with Gasteiger partial charge in [0, 0.05) is 11.4 Å². The van der Waals surface area contributed by atoms with Crippen LogP contribution in [0.25, 0.3) is 10.2 Å². The Labute approximate surface area is 184 Å². The van der Waals surface area contributed by atoms with Gasteiger partial charge in [-0.1, -0.05) is 45.4 Å². The summed E-state index contributed by atoms with van der Waals surface area (Å²) < 4.78 is 1.73. The Bertz CT molecular complexity index is 996. The molecule has 7 nitrogen and oxygen atoms in total. The number of nitrogens with two attached hydrogens (primary N) is 1. The highest BCUT2D eigenvalue weighted by Crippen LogP contribution is 2.36. The smallest absolute Gasteiger partial charge is 0.318 e. The highest BCUT2D eigenvalue weighted by Gasteiger charge is 2.28. The molecule has 3 N–H and O–H groups in total. The number of aryl methyl sites for hydroxylation is 2. The van der Waals surface area contributed by atoms with E-state index in [1.165, 1.54) is 22.2 Å². The van der Waals surface area contributed by atoms with E-state index in [0.717, 1.165) is 55.2 Å². The molecule has 2 heterocycles. The second-order valence-corrected chi connectivity index (χ2v) is 10.3. The molecule has 0 spiro atoms. The summed E-state index contributed by atoms with van der Waals surface area (Å²) in [6.45, 7) is 6.50. The number of rotatable bonds is 8. The van der Waals surface area contributed by atoms with Gasteiger partial charge in [0.15, 0.2) is 5.16 Å². The summed E-state index contributed by atoms with van der Waals surface area (Å²) in [5, 5.41) is 2.90. The third-order valence-corrected chi connectivity index (χ3v) is 8.09. The molecule has 2 aromatic rings. The fraction of sp³-hybridized carbons (Fsp3) is 0.619. The van der Waals surface area contributed by atoms with Crippen molar-refractivity contribution >= 4 is 45.3 Å². The van der Waals surface area contributed by atoms with Gasteiger partial charge in [-0.2, -0.15) is 0 Å². The third kappa shape index (κ3) is 4.88. The summed E-state index contributed by atoms with van der Waals surface area (Å²) in [7, 11) is 0. The van der Waals surface area contributed by atoms with Crippen molar-refractivity contribution in [2.45, 2.75) is 82.7 Å². The van der Waals surface area contributed by atoms with Crippen molar-refractivity contribution in [3.63, 3.8) is 0 Å². The van der Waals surface area contributed by atoms with E-state index in [4.69, 9.17) is 10.7 Å². The molecular weight excluding hydrogens is 420 g/mol. The molecule has 0 aliphatic heterocycles. The maximum Gasteiger partial charge on any atom is 0.318 e. The number of amides is 3. The number of nitrogens with zero attached hydrogens (tertiary/aromatic N) is 2. The molecule has 1 unspecified atom stereocenters. The minimum Gasteiger partial charge on any atom is -0.351 e. The number of carbonyl (C=O) groups excluding carboxylic acids is 2. The third-order valence-electron chi connectivity index (χ3n) is 5.37. The van der Waals surface area contributed by atoms with Gasteiger partial charge in [0.05, 0.1) is 10.6 Å². The summed E-state index contributed by atoms with van der Waals surface area (Å²) in [6, 6.07) is -0.874. The first-order chi connectivity index (χ1) is 14.3. The molecule has 0 fully saturated rings. The van der Waals surface area contributed by atoms with Crippen molar-refractivity contribution in [1.29, 1.82) is 0 Å². The van der Waals surface area contributed by atoms with Crippen LogP contribution in [0.15, 0.2) is 9.95 Å². The number of urea groups is 1. The lowest BCUT2D eigenvalue weighted by Crippen LogP contribution is -2.42. The van der Waals surface area contributed by atoms with Crippen LogP contribution in [0.2, 0.25) is 0 Å². The molecule has 0 saturated heterocycles. The number of nitrogens with one attached hydrogen (secondary N) is 1. The van der Waals surface area contributed by atoms with Crippen molar-refractivity contribution in [2.24, 2.45) is 11.7 Å². The second-order valence-electron chi connectivity index (χ2n) is 8.09. The van der Waals surface area contributed by atoms with E-state index in [-0.39, 0.29) is 11.5 Å². The summed E-state index contributed by atoms with van der Waals surface area (Å²) in [4.78, 5) is 44.1. The van der Waals surface area contributed by atoms with E-state index in [0.29, 0.717) is 11.7 Å². The minimum absolute atomic E-state index is 0.00387. The summed E-state index contributed by atoms with van der Waals surface area (Å²) in [5.74, 6) is -0.523. The van der Waals surface area contributed by atoms with Crippen LogP contribution < -0.4 is 16.6 Å². The van der Waals surface area contributed by atoms with E-state index in [2.05, 4.69) is 12.2 Å². The summed E-state index contributed by atoms with van der Waals surface area (Å²) in [5.41, 5.74) is 6.31. The van der Waals surface area contributed by atoms with E-state index >= 15 is 0 Å². The van der Waals surface area contributed by atoms with Crippen molar-refractivity contribution in [3.05, 3.63) is 20.8 Å². The molecule has 0 bridgehead atoms. The van der Waals surface area contributed by atoms with Crippen molar-refractivity contribution in [2.75, 3.05) is 0 Å². The SMILES string of the molecule is CCCCCn1c(SC(C(=O)NC(N)=O)C(C)C)nc2sc3c(c2c1=O)CCCC3. The van der Waals surface area contributed by atoms with Crippen LogP contribution >= 0.6 is 23.1 Å². The number of unbranched alkanes of at least 4 members (excludes halogenated alkanes) is 2. The Morgan fingerprint density at radius 1 is 1.27 bits per heavy atom. The van der Waals surface area contributed by atoms with Gasteiger partial charge in [-0.25, -0.2) is 9.78 Å². The highest BCUT2D eigenvalue weighted by molar-refractivity contribution is 8.00. The van der Waals surface area contributed by atoms with E-state index in [1.807, 2.05) is 13.8 Å². The van der Waals surface area contributed by atoms with E-state index in [9.17, 15) is 14.4 Å². The van der Waals surface area contributed by atoms with Gasteiger partial charge in [0.25, 0.3) is 5.56 Å². The maximum atomic E-state index is 13.5. The number of imide groups is 1. The van der Waals surface area contributed by atoms with Crippen LogP contribution in [0.5, 0.6) is 0 Å². The predicted molar refractivity (Wildman–Crippen MR) is 122 cm³/mol. The largest absolute Gasteiger partial charge is 0.351 e. The Morgan fingerprint density at radius 3 is 2.67 bits per heavy atom. The maximum absolute atomic E-state index is 13.5. The minimum atomic E-state index is -0.874. The van der Waals surface area contributed by atoms with Crippen LogP contribution in [0.1, 0.15) is 63.3 Å². The molecule has 30 heavy (non-hydrogen) atoms. The number of thiophene rings is 1. The van der Waals surface area contributed by atoms with E-state index in [1.54, 1.807) is 15.9 Å². The first-order valence-corrected chi connectivity index (χ1v) is 12.3. The topological polar surface area (TPSA) is 107 Å². The van der Waals surface area contributed by atoms with Crippen molar-refractivity contribution < 1.29 is 9.59 Å². The van der Waals surface area contributed by atoms with Gasteiger partial charge in [-0.05, 0) is 43.6 Å². The number of hydrogen-bond donors (Lipinski definition) is 2. The molecule has 164 valence electrons. The molecular formula is C21H30N4O3S2. The van der Waals surface area contributed by atoms with Gasteiger partial charge >= 0.3 is 6.03 Å². The van der Waals surface area contributed by atoms with Crippen LogP contribution in [-0.2, 0) is 24.2 Å². The van der Waals surface area contributed by atoms with Crippen molar-refractivity contribution in [1.82, 2.24) is 14.9 Å². The molecule has 3 amide bonds. The normalized spacial score (nSPS) is 14.7. The van der Waals surface area contributed by atoms with Gasteiger partial charge in [0.1, 0.15) is 4.83 Å². The van der Waals surface area contributed by atoms with Gasteiger partial charge in [-0.3, -0.25) is 19.5 Å². The Hall–Kier alpha value is -1.87. The predicted octanol–water partition coefficient (Wildman–Crippen LogP) is 3.84. The zero-order chi connectivity index (χ0) is 21.8. The second kappa shape index (κ2) is 9.96. The van der Waals surface area contributed by atoms with Crippen LogP contribution in [-0.4, -0.2) is 26.7 Å². The van der Waals surface area contributed by atoms with Gasteiger partial charge in [0.2, 0.25) is 5.91 Å². The average molecular weight is 451 g/mol. The van der Waals surface area contributed by atoms with Crippen molar-refractivity contribution in [3.8, 4) is 0 Å². The molecule has 1 aliphatic carbocycles. The zero-order valence-corrected chi connectivity index (χ0v) is 19.5. The zero-order valence-electron chi connectivity index (χ0n) is 17.8. The van der Waals surface area contributed by atoms with Gasteiger partial charge < -0.3 is 5.73 Å². The molecule has 0 radical (unpaired) electrons. The number of fused-ring (bicyclic) bond motifs is 3. The number of hydrogen-bond acceptors (Lipinski definition) is 6. The monoisotopic (exact) mass is 450 g/mol. The molecule has 1 aliphatic rings. The van der Waals surface area contributed by atoms with Crippen LogP contribution in [0.3, 0.4) is 0 Å². The Kier molecular flexibility index (Phi) is 7.57. The van der Waals surface area contributed by atoms with Crippen LogP contribution in [0.4, 0.5) is 4.79 Å². The molecule has 3 rings (SSSR count). The fourth-order valence-corrected chi connectivity index (χ4v) is 6.25. The standard InChI is InChI=1S/C21H30N4O3S2/c1-4-5-8-11-25-19(27)15-13-9-6-7-10-14(13)29-18(15)24-21(25)30-16(12(2)3)17(26)23-20(22)28/h12,16H,4-11H2,1-3H3,(H3,22,23,26,28). The fourth-order valence-electron chi connectivity index (χ4n) is 3.83. The molecule has 2 aromatic heterocycles. The highest BCUT2D eigenvalue weighted by atomic mass is 32.2. The molecule has 0 aromatic carbocycles. The molecule has 0 saturated carbocycles. The summed E-state index contributed by atoms with van der Waals surface area (Å²) in [6.07, 6.45) is 7.14. The first kappa shape index (κ1) is 22.8. The lowest BCUT2D eigenvalue weighted by molar-refractivity contribution is -0.120. The average Bonchev–Trinajstić information content (AvgIpc) is 3.05. The Balaban J connectivity index is 2.06. The Morgan fingerprint density at radius 2 is 2.00 bits per heavy atom. The number of thioether (sulfide) groups is 1. The van der Waals surface area contributed by atoms with Crippen LogP contribution in [0, 0.1) is 5.92 Å². The van der Waals surface area contributed by atoms with E-state index < -0.39 is 17.2 Å². The number of primary amides is 1. The van der Waals surface area contributed by atoms with Gasteiger partial charge in [-0.15, -0.1) is 11.3 Å². The first-order valence-electron chi connectivity index (χ1n) is 10.7. The molecule has 1 atom stereocenters. The number of aromatic nitrogens is 2. The summed E-state index contributed by atoms with van der Waals surface area (Å²) >= 11 is 2.85. The lowest BCUT2D eigenvalue weighted by Gasteiger charge is -2.20. The molecule has 9 heteroatoms. The lowest BCUT2D eigenvalue weighted by atomic mass is 9.97. The number of carbonyl (C=O) groups is 2.